The predicted octanol–water partition coefficient (Wildman–Crippen LogP) is 5.01. The van der Waals surface area contributed by atoms with Crippen molar-refractivity contribution >= 4 is 11.7 Å². The van der Waals surface area contributed by atoms with Gasteiger partial charge in [0.15, 0.2) is 5.78 Å². The number of benzene rings is 2. The van der Waals surface area contributed by atoms with Gasteiger partial charge in [0.05, 0.1) is 23.4 Å². The normalized spacial score (nSPS) is 13.3. The summed E-state index contributed by atoms with van der Waals surface area (Å²) in [7, 11) is 0. The first-order chi connectivity index (χ1) is 17.8. The fourth-order valence-corrected chi connectivity index (χ4v) is 4.58. The summed E-state index contributed by atoms with van der Waals surface area (Å²) in [5, 5.41) is 0. The number of ketones is 1. The first-order valence-electron chi connectivity index (χ1n) is 11.8. The maximum atomic E-state index is 13.8. The van der Waals surface area contributed by atoms with Crippen LogP contribution in [0.5, 0.6) is 0 Å². The minimum atomic E-state index is -4.55. The van der Waals surface area contributed by atoms with Crippen molar-refractivity contribution in [2.24, 2.45) is 0 Å². The van der Waals surface area contributed by atoms with Crippen LogP contribution in [0.3, 0.4) is 0 Å². The van der Waals surface area contributed by atoms with Crippen LogP contribution in [-0.2, 0) is 23.9 Å². The maximum absolute atomic E-state index is 13.8. The van der Waals surface area contributed by atoms with Crippen LogP contribution < -0.4 is 10.5 Å². The van der Waals surface area contributed by atoms with Crippen molar-refractivity contribution in [1.29, 1.82) is 0 Å². The van der Waals surface area contributed by atoms with Gasteiger partial charge < -0.3 is 4.90 Å². The molecule has 0 spiro atoms. The zero-order valence-electron chi connectivity index (χ0n) is 19.8. The third kappa shape index (κ3) is 5.16. The highest BCUT2D eigenvalue weighted by atomic mass is 19.4. The standard InChI is InChI=1S/C28H23F3N4O2/c29-28(30,31)22-9-4-8-21(17-22)24-25(20-10-12-32-13-11-20)33-27-34(14-5-15-35(27)26(24)37)18-23(36)16-19-6-2-1-3-7-19/h1-4,6-13,17H,5,14-16,18H2. The number of Topliss-reactive ketones (excluding diaryl/α,β-unsaturated/α-hetero) is 1. The Balaban J connectivity index is 1.60. The lowest BCUT2D eigenvalue weighted by molar-refractivity contribution is -0.137. The van der Waals surface area contributed by atoms with Crippen molar-refractivity contribution in [1.82, 2.24) is 14.5 Å². The molecule has 0 saturated heterocycles. The average Bonchev–Trinajstić information content (AvgIpc) is 2.89. The van der Waals surface area contributed by atoms with Gasteiger partial charge in [0, 0.05) is 37.5 Å². The first kappa shape index (κ1) is 24.4. The van der Waals surface area contributed by atoms with E-state index in [9.17, 15) is 22.8 Å². The molecule has 0 atom stereocenters. The van der Waals surface area contributed by atoms with Crippen LogP contribution in [0, 0.1) is 0 Å². The van der Waals surface area contributed by atoms with Gasteiger partial charge in [0.25, 0.3) is 5.56 Å². The molecule has 4 aromatic rings. The molecule has 0 fully saturated rings. The largest absolute Gasteiger partial charge is 0.416 e. The zero-order valence-corrected chi connectivity index (χ0v) is 19.8. The van der Waals surface area contributed by atoms with Crippen LogP contribution in [0.2, 0.25) is 0 Å². The number of halogens is 3. The maximum Gasteiger partial charge on any atom is 0.416 e. The Morgan fingerprint density at radius 2 is 1.68 bits per heavy atom. The summed E-state index contributed by atoms with van der Waals surface area (Å²) in [6, 6.07) is 17.4. The number of rotatable bonds is 6. The van der Waals surface area contributed by atoms with Gasteiger partial charge in [-0.05, 0) is 41.8 Å². The Bertz CT molecular complexity index is 1490. The van der Waals surface area contributed by atoms with Gasteiger partial charge in [0.2, 0.25) is 5.95 Å². The molecule has 0 bridgehead atoms. The minimum Gasteiger partial charge on any atom is -0.335 e. The summed E-state index contributed by atoms with van der Waals surface area (Å²) in [6.07, 6.45) is -0.637. The van der Waals surface area contributed by atoms with E-state index in [1.165, 1.54) is 29.1 Å². The number of hydrogen-bond acceptors (Lipinski definition) is 5. The molecule has 6 nitrogen and oxygen atoms in total. The van der Waals surface area contributed by atoms with Crippen LogP contribution in [0.15, 0.2) is 83.9 Å². The molecule has 9 heteroatoms. The molecule has 0 saturated carbocycles. The van der Waals surface area contributed by atoms with Crippen molar-refractivity contribution in [2.45, 2.75) is 25.6 Å². The number of anilines is 1. The predicted molar refractivity (Wildman–Crippen MR) is 134 cm³/mol. The molecule has 5 rings (SSSR count). The summed E-state index contributed by atoms with van der Waals surface area (Å²) < 4.78 is 41.9. The van der Waals surface area contributed by atoms with Gasteiger partial charge in [-0.3, -0.25) is 19.1 Å². The Morgan fingerprint density at radius 3 is 2.41 bits per heavy atom. The summed E-state index contributed by atoms with van der Waals surface area (Å²) in [5.74, 6) is 0.307. The number of fused-ring (bicyclic) bond motifs is 1. The monoisotopic (exact) mass is 504 g/mol. The molecule has 2 aromatic heterocycles. The summed E-state index contributed by atoms with van der Waals surface area (Å²) in [6.45, 7) is 0.957. The number of pyridine rings is 1. The highest BCUT2D eigenvalue weighted by Crippen LogP contribution is 2.35. The SMILES string of the molecule is O=C(Cc1ccccc1)CN1CCCn2c1nc(-c1ccncc1)c(-c1cccc(C(F)(F)F)c1)c2=O. The van der Waals surface area contributed by atoms with Gasteiger partial charge in [-0.25, -0.2) is 4.98 Å². The van der Waals surface area contributed by atoms with Crippen molar-refractivity contribution < 1.29 is 18.0 Å². The average molecular weight is 505 g/mol. The molecular weight excluding hydrogens is 481 g/mol. The number of carbonyl (C=O) groups is 1. The molecule has 3 heterocycles. The number of carbonyl (C=O) groups excluding carboxylic acids is 1. The molecule has 1 aliphatic rings. The van der Waals surface area contributed by atoms with E-state index in [-0.39, 0.29) is 35.6 Å². The van der Waals surface area contributed by atoms with E-state index in [0.29, 0.717) is 31.0 Å². The first-order valence-corrected chi connectivity index (χ1v) is 11.8. The molecule has 0 aliphatic carbocycles. The van der Waals surface area contributed by atoms with Crippen molar-refractivity contribution in [2.75, 3.05) is 18.0 Å². The highest BCUT2D eigenvalue weighted by Gasteiger charge is 2.32. The Hall–Kier alpha value is -4.27. The second-order valence-corrected chi connectivity index (χ2v) is 8.88. The second-order valence-electron chi connectivity index (χ2n) is 8.88. The molecule has 188 valence electrons. The van der Waals surface area contributed by atoms with Crippen LogP contribution in [0.25, 0.3) is 22.4 Å². The van der Waals surface area contributed by atoms with Crippen LogP contribution in [-0.4, -0.2) is 33.4 Å². The quantitative estimate of drug-likeness (QED) is 0.369. The summed E-state index contributed by atoms with van der Waals surface area (Å²) >= 11 is 0. The Morgan fingerprint density at radius 1 is 0.919 bits per heavy atom. The highest BCUT2D eigenvalue weighted by molar-refractivity contribution is 5.86. The van der Waals surface area contributed by atoms with E-state index in [1.54, 1.807) is 17.0 Å². The second kappa shape index (κ2) is 10.0. The minimum absolute atomic E-state index is 0.0266. The molecule has 0 amide bonds. The van der Waals surface area contributed by atoms with E-state index in [1.807, 2.05) is 30.3 Å². The smallest absolute Gasteiger partial charge is 0.335 e. The van der Waals surface area contributed by atoms with E-state index in [4.69, 9.17) is 4.98 Å². The summed E-state index contributed by atoms with van der Waals surface area (Å²) in [4.78, 5) is 37.2. The number of alkyl halides is 3. The van der Waals surface area contributed by atoms with Crippen molar-refractivity contribution in [3.8, 4) is 22.4 Å². The third-order valence-corrected chi connectivity index (χ3v) is 6.29. The van der Waals surface area contributed by atoms with Crippen molar-refractivity contribution in [3.05, 3.63) is 101 Å². The topological polar surface area (TPSA) is 68.1 Å². The van der Waals surface area contributed by atoms with E-state index in [0.717, 1.165) is 17.7 Å². The molecule has 2 aromatic carbocycles. The van der Waals surface area contributed by atoms with E-state index >= 15 is 0 Å². The molecule has 1 aliphatic heterocycles. The van der Waals surface area contributed by atoms with Gasteiger partial charge in [-0.2, -0.15) is 13.2 Å². The molecule has 0 radical (unpaired) electrons. The Kier molecular flexibility index (Phi) is 6.60. The van der Waals surface area contributed by atoms with Crippen LogP contribution >= 0.6 is 0 Å². The van der Waals surface area contributed by atoms with Gasteiger partial charge in [-0.15, -0.1) is 0 Å². The zero-order chi connectivity index (χ0) is 26.0. The number of hydrogen-bond donors (Lipinski definition) is 0. The Labute approximate surface area is 211 Å². The van der Waals surface area contributed by atoms with Gasteiger partial charge in [0.1, 0.15) is 0 Å². The number of aromatic nitrogens is 3. The molecule has 0 unspecified atom stereocenters. The fraction of sp³-hybridized carbons (Fsp3) is 0.214. The van der Waals surface area contributed by atoms with E-state index < -0.39 is 17.3 Å². The fourth-order valence-electron chi connectivity index (χ4n) is 4.58. The lowest BCUT2D eigenvalue weighted by atomic mass is 9.99. The van der Waals surface area contributed by atoms with Crippen LogP contribution in [0.1, 0.15) is 17.5 Å². The van der Waals surface area contributed by atoms with Crippen molar-refractivity contribution in [3.63, 3.8) is 0 Å². The van der Waals surface area contributed by atoms with E-state index in [2.05, 4.69) is 4.98 Å². The van der Waals surface area contributed by atoms with Crippen LogP contribution in [0.4, 0.5) is 19.1 Å². The lowest BCUT2D eigenvalue weighted by Crippen LogP contribution is -2.42. The van der Waals surface area contributed by atoms with Gasteiger partial charge in [-0.1, -0.05) is 42.5 Å². The third-order valence-electron chi connectivity index (χ3n) is 6.29. The summed E-state index contributed by atoms with van der Waals surface area (Å²) in [5.41, 5.74) is 0.610. The van der Waals surface area contributed by atoms with Gasteiger partial charge >= 0.3 is 6.18 Å². The number of nitrogens with zero attached hydrogens (tertiary/aromatic N) is 4. The molecule has 0 N–H and O–H groups in total. The lowest BCUT2D eigenvalue weighted by Gasteiger charge is -2.31. The molecule has 37 heavy (non-hydrogen) atoms. The molecular formula is C28H23F3N4O2.